The molecule has 2 aliphatic rings. The first-order valence-corrected chi connectivity index (χ1v) is 10.0. The zero-order valence-electron chi connectivity index (χ0n) is 13.2. The van der Waals surface area contributed by atoms with Crippen LogP contribution < -0.4 is 10.9 Å². The number of H-pyrrole nitrogens is 1. The Balaban J connectivity index is 1.38. The average Bonchev–Trinajstić information content (AvgIpc) is 3.18. The third-order valence-corrected chi connectivity index (χ3v) is 6.30. The lowest BCUT2D eigenvalue weighted by Gasteiger charge is -2.06. The van der Waals surface area contributed by atoms with Gasteiger partial charge in [0, 0.05) is 10.4 Å². The number of anilines is 1. The molecule has 2 N–H and O–H groups in total. The van der Waals surface area contributed by atoms with Crippen molar-refractivity contribution in [1.29, 1.82) is 0 Å². The first-order chi connectivity index (χ1) is 11.7. The van der Waals surface area contributed by atoms with Gasteiger partial charge in [0.25, 0.3) is 5.56 Å². The van der Waals surface area contributed by atoms with E-state index in [1.54, 1.807) is 11.3 Å². The highest BCUT2D eigenvalue weighted by Crippen LogP contribution is 2.29. The number of carbonyl (C=O) groups is 1. The van der Waals surface area contributed by atoms with Gasteiger partial charge in [0.05, 0.1) is 17.1 Å². The summed E-state index contributed by atoms with van der Waals surface area (Å²) < 4.78 is 0. The van der Waals surface area contributed by atoms with E-state index >= 15 is 0 Å². The third-order valence-electron chi connectivity index (χ3n) is 4.35. The van der Waals surface area contributed by atoms with Crippen LogP contribution in [-0.4, -0.2) is 26.6 Å². The van der Waals surface area contributed by atoms with Crippen LogP contribution in [0.5, 0.6) is 0 Å². The van der Waals surface area contributed by atoms with Gasteiger partial charge in [-0.3, -0.25) is 9.59 Å². The third kappa shape index (κ3) is 3.25. The summed E-state index contributed by atoms with van der Waals surface area (Å²) in [5, 5.41) is 4.07. The fourth-order valence-electron chi connectivity index (χ4n) is 3.18. The molecular formula is C16H18N4O2S2. The monoisotopic (exact) mass is 362 g/mol. The number of aromatic amines is 1. The van der Waals surface area contributed by atoms with Crippen molar-refractivity contribution in [3.8, 4) is 0 Å². The number of aryl methyl sites for hydroxylation is 3. The van der Waals surface area contributed by atoms with Gasteiger partial charge in [0.2, 0.25) is 5.91 Å². The molecule has 24 heavy (non-hydrogen) atoms. The normalized spacial score (nSPS) is 15.8. The van der Waals surface area contributed by atoms with E-state index in [0.717, 1.165) is 49.1 Å². The summed E-state index contributed by atoms with van der Waals surface area (Å²) >= 11 is 2.84. The maximum absolute atomic E-state index is 12.1. The lowest BCUT2D eigenvalue weighted by atomic mass is 10.0. The highest BCUT2D eigenvalue weighted by Gasteiger charge is 2.19. The number of thiazole rings is 1. The van der Waals surface area contributed by atoms with Gasteiger partial charge in [0.1, 0.15) is 0 Å². The molecule has 1 amide bonds. The minimum atomic E-state index is -0.116. The Morgan fingerprint density at radius 2 is 1.96 bits per heavy atom. The molecule has 4 rings (SSSR count). The van der Waals surface area contributed by atoms with Gasteiger partial charge >= 0.3 is 0 Å². The second kappa shape index (κ2) is 6.68. The quantitative estimate of drug-likeness (QED) is 0.644. The van der Waals surface area contributed by atoms with Crippen LogP contribution in [0, 0.1) is 0 Å². The van der Waals surface area contributed by atoms with Crippen molar-refractivity contribution >= 4 is 34.1 Å². The van der Waals surface area contributed by atoms with E-state index in [4.69, 9.17) is 0 Å². The van der Waals surface area contributed by atoms with Gasteiger partial charge < -0.3 is 10.3 Å². The van der Waals surface area contributed by atoms with Crippen LogP contribution in [0.1, 0.15) is 41.1 Å². The number of amides is 1. The Kier molecular flexibility index (Phi) is 4.41. The number of carbonyl (C=O) groups excluding carboxylic acids is 1. The zero-order valence-corrected chi connectivity index (χ0v) is 14.8. The predicted octanol–water partition coefficient (Wildman–Crippen LogP) is 2.32. The van der Waals surface area contributed by atoms with E-state index in [0.29, 0.717) is 10.3 Å². The van der Waals surface area contributed by atoms with Crippen LogP contribution >= 0.6 is 23.1 Å². The number of aromatic nitrogens is 3. The Morgan fingerprint density at radius 1 is 1.12 bits per heavy atom. The molecule has 8 heteroatoms. The molecule has 0 aromatic carbocycles. The molecule has 2 heterocycles. The molecule has 2 aliphatic carbocycles. The highest BCUT2D eigenvalue weighted by atomic mass is 32.2. The number of rotatable bonds is 4. The molecule has 0 fully saturated rings. The van der Waals surface area contributed by atoms with Gasteiger partial charge in [-0.05, 0) is 44.9 Å². The summed E-state index contributed by atoms with van der Waals surface area (Å²) in [5.74, 6) is 0.0978. The van der Waals surface area contributed by atoms with E-state index in [2.05, 4.69) is 20.3 Å². The minimum Gasteiger partial charge on any atom is -0.301 e. The molecule has 0 bridgehead atoms. The average molecular weight is 362 g/mol. The summed E-state index contributed by atoms with van der Waals surface area (Å²) in [5.41, 5.74) is 2.76. The molecule has 2 aromatic heterocycles. The molecule has 0 saturated carbocycles. The van der Waals surface area contributed by atoms with Crippen molar-refractivity contribution in [1.82, 2.24) is 15.0 Å². The SMILES string of the molecule is O=C(CSc1nc2c(c(=O)[nH]1)CCC2)Nc1nc2c(s1)CCCC2. The lowest BCUT2D eigenvalue weighted by molar-refractivity contribution is -0.113. The van der Waals surface area contributed by atoms with Crippen LogP contribution in [0.15, 0.2) is 9.95 Å². The van der Waals surface area contributed by atoms with Crippen molar-refractivity contribution < 1.29 is 4.79 Å². The second-order valence-electron chi connectivity index (χ2n) is 6.08. The van der Waals surface area contributed by atoms with Gasteiger partial charge in [-0.2, -0.15) is 0 Å². The topological polar surface area (TPSA) is 87.7 Å². The second-order valence-corrected chi connectivity index (χ2v) is 8.13. The number of hydrogen-bond donors (Lipinski definition) is 2. The standard InChI is InChI=1S/C16H18N4O2S2/c21-13(19-16-18-11-5-1-2-7-12(11)24-16)8-23-15-17-10-6-3-4-9(10)14(22)20-15/h1-8H2,(H,17,20,22)(H,18,19,21). The van der Waals surface area contributed by atoms with Crippen molar-refractivity contribution in [3.63, 3.8) is 0 Å². The Morgan fingerprint density at radius 3 is 2.83 bits per heavy atom. The molecular weight excluding hydrogens is 344 g/mol. The molecule has 0 unspecified atom stereocenters. The first-order valence-electron chi connectivity index (χ1n) is 8.22. The maximum Gasteiger partial charge on any atom is 0.254 e. The van der Waals surface area contributed by atoms with Crippen LogP contribution in [0.25, 0.3) is 0 Å². The number of thioether (sulfide) groups is 1. The van der Waals surface area contributed by atoms with Crippen molar-refractivity contribution in [3.05, 3.63) is 32.2 Å². The van der Waals surface area contributed by atoms with E-state index in [1.165, 1.54) is 29.5 Å². The predicted molar refractivity (Wildman–Crippen MR) is 95.0 cm³/mol. The van der Waals surface area contributed by atoms with Gasteiger partial charge in [0.15, 0.2) is 10.3 Å². The summed E-state index contributed by atoms with van der Waals surface area (Å²) in [7, 11) is 0. The van der Waals surface area contributed by atoms with Crippen LogP contribution in [-0.2, 0) is 30.5 Å². The van der Waals surface area contributed by atoms with Crippen molar-refractivity contribution in [2.75, 3.05) is 11.1 Å². The molecule has 126 valence electrons. The fraction of sp³-hybridized carbons (Fsp3) is 0.500. The Hall–Kier alpha value is -1.67. The highest BCUT2D eigenvalue weighted by molar-refractivity contribution is 7.99. The number of fused-ring (bicyclic) bond motifs is 2. The van der Waals surface area contributed by atoms with Gasteiger partial charge in [-0.1, -0.05) is 11.8 Å². The van der Waals surface area contributed by atoms with Crippen LogP contribution in [0.4, 0.5) is 5.13 Å². The molecule has 0 atom stereocenters. The fourth-order valence-corrected chi connectivity index (χ4v) is 4.93. The van der Waals surface area contributed by atoms with E-state index in [9.17, 15) is 9.59 Å². The van der Waals surface area contributed by atoms with Gasteiger partial charge in [-0.25, -0.2) is 9.97 Å². The van der Waals surface area contributed by atoms with E-state index in [1.807, 2.05) is 0 Å². The minimum absolute atomic E-state index is 0.0620. The summed E-state index contributed by atoms with van der Waals surface area (Å²) in [6.07, 6.45) is 7.10. The smallest absolute Gasteiger partial charge is 0.254 e. The largest absolute Gasteiger partial charge is 0.301 e. The number of hydrogen-bond acceptors (Lipinski definition) is 6. The molecule has 0 aliphatic heterocycles. The summed E-state index contributed by atoms with van der Waals surface area (Å²) in [4.78, 5) is 37.1. The first kappa shape index (κ1) is 15.8. The van der Waals surface area contributed by atoms with E-state index in [-0.39, 0.29) is 17.2 Å². The van der Waals surface area contributed by atoms with Crippen LogP contribution in [0.3, 0.4) is 0 Å². The van der Waals surface area contributed by atoms with Crippen molar-refractivity contribution in [2.24, 2.45) is 0 Å². The van der Waals surface area contributed by atoms with Crippen molar-refractivity contribution in [2.45, 2.75) is 50.1 Å². The Bertz CT molecular complexity index is 820. The van der Waals surface area contributed by atoms with E-state index < -0.39 is 0 Å². The maximum atomic E-state index is 12.1. The Labute approximate surface area is 147 Å². The van der Waals surface area contributed by atoms with Crippen LogP contribution in [0.2, 0.25) is 0 Å². The number of nitrogens with one attached hydrogen (secondary N) is 2. The molecule has 0 radical (unpaired) electrons. The number of nitrogens with zero attached hydrogens (tertiary/aromatic N) is 2. The molecule has 0 saturated heterocycles. The summed E-state index contributed by atoms with van der Waals surface area (Å²) in [6, 6.07) is 0. The molecule has 0 spiro atoms. The summed E-state index contributed by atoms with van der Waals surface area (Å²) in [6.45, 7) is 0. The lowest BCUT2D eigenvalue weighted by Crippen LogP contribution is -2.17. The molecule has 6 nitrogen and oxygen atoms in total. The van der Waals surface area contributed by atoms with Gasteiger partial charge in [-0.15, -0.1) is 11.3 Å². The molecule has 2 aromatic rings. The zero-order chi connectivity index (χ0) is 16.5.